The number of hydrogen-bond acceptors (Lipinski definition) is 7. The monoisotopic (exact) mass is 315 g/mol. The first kappa shape index (κ1) is 14.2. The van der Waals surface area contributed by atoms with Crippen molar-refractivity contribution < 1.29 is 9.53 Å². The lowest BCUT2D eigenvalue weighted by Crippen LogP contribution is -2.07. The van der Waals surface area contributed by atoms with Gasteiger partial charge < -0.3 is 10.1 Å². The highest BCUT2D eigenvalue weighted by Gasteiger charge is 2.17. The molecule has 2 heterocycles. The molecule has 112 valence electrons. The van der Waals surface area contributed by atoms with Crippen molar-refractivity contribution >= 4 is 28.2 Å². The quantitative estimate of drug-likeness (QED) is 0.729. The van der Waals surface area contributed by atoms with E-state index in [0.29, 0.717) is 11.6 Å². The summed E-state index contributed by atoms with van der Waals surface area (Å²) in [6.45, 7) is 2.05. The Balaban J connectivity index is 1.77. The second kappa shape index (κ2) is 6.35. The summed E-state index contributed by atoms with van der Waals surface area (Å²) < 4.78 is 10.5. The van der Waals surface area contributed by atoms with Gasteiger partial charge in [0.1, 0.15) is 5.00 Å². The molecule has 3 rings (SSSR count). The topological polar surface area (TPSA) is 81.9 Å². The fourth-order valence-corrected chi connectivity index (χ4v) is 2.43. The molecule has 0 saturated heterocycles. The van der Waals surface area contributed by atoms with Crippen LogP contribution in [0, 0.1) is 0 Å². The molecule has 2 aromatic heterocycles. The highest BCUT2D eigenvalue weighted by molar-refractivity contribution is 7.10. The minimum Gasteiger partial charge on any atom is -0.461 e. The molecule has 0 radical (unpaired) electrons. The van der Waals surface area contributed by atoms with E-state index in [1.807, 2.05) is 36.5 Å². The van der Waals surface area contributed by atoms with Gasteiger partial charge in [0.2, 0.25) is 5.69 Å². The molecule has 3 aromatic rings. The van der Waals surface area contributed by atoms with Crippen LogP contribution in [0.5, 0.6) is 0 Å². The van der Waals surface area contributed by atoms with Gasteiger partial charge >= 0.3 is 5.97 Å². The van der Waals surface area contributed by atoms with Gasteiger partial charge in [0.05, 0.1) is 12.3 Å². The number of carbonyl (C=O) groups excluding carboxylic acids is 1. The van der Waals surface area contributed by atoms with Crippen LogP contribution in [-0.4, -0.2) is 31.9 Å². The van der Waals surface area contributed by atoms with E-state index in [1.165, 1.54) is 0 Å². The van der Waals surface area contributed by atoms with Crippen LogP contribution in [0.3, 0.4) is 0 Å². The first-order chi connectivity index (χ1) is 10.8. The van der Waals surface area contributed by atoms with Crippen molar-refractivity contribution in [1.29, 1.82) is 0 Å². The third-order valence-electron chi connectivity index (χ3n) is 2.85. The molecule has 0 fully saturated rings. The number of nitrogens with zero attached hydrogens (tertiary/aromatic N) is 4. The van der Waals surface area contributed by atoms with Crippen LogP contribution in [0.25, 0.3) is 5.69 Å². The Morgan fingerprint density at radius 3 is 2.86 bits per heavy atom. The normalized spacial score (nSPS) is 10.4. The molecule has 22 heavy (non-hydrogen) atoms. The Morgan fingerprint density at radius 2 is 2.18 bits per heavy atom. The lowest BCUT2D eigenvalue weighted by Gasteiger charge is -2.06. The van der Waals surface area contributed by atoms with Gasteiger partial charge in [-0.3, -0.25) is 0 Å². The van der Waals surface area contributed by atoms with Gasteiger partial charge in [-0.1, -0.05) is 4.49 Å². The predicted molar refractivity (Wildman–Crippen MR) is 82.7 cm³/mol. The van der Waals surface area contributed by atoms with E-state index in [2.05, 4.69) is 20.0 Å². The lowest BCUT2D eigenvalue weighted by atomic mass is 10.3. The molecule has 0 spiro atoms. The van der Waals surface area contributed by atoms with Crippen molar-refractivity contribution in [1.82, 2.24) is 19.4 Å². The molecule has 7 nitrogen and oxygen atoms in total. The molecule has 0 aliphatic carbocycles. The largest absolute Gasteiger partial charge is 0.461 e. The Bertz CT molecular complexity index is 752. The van der Waals surface area contributed by atoms with Crippen LogP contribution in [0.2, 0.25) is 0 Å². The van der Waals surface area contributed by atoms with Gasteiger partial charge in [0, 0.05) is 29.6 Å². The van der Waals surface area contributed by atoms with Crippen LogP contribution in [0.1, 0.15) is 17.4 Å². The maximum absolute atomic E-state index is 11.8. The van der Waals surface area contributed by atoms with Crippen LogP contribution < -0.4 is 5.32 Å². The van der Waals surface area contributed by atoms with E-state index in [0.717, 1.165) is 22.9 Å². The minimum atomic E-state index is -0.480. The number of ether oxygens (including phenoxy) is 1. The molecule has 0 atom stereocenters. The Morgan fingerprint density at radius 1 is 1.36 bits per heavy atom. The summed E-state index contributed by atoms with van der Waals surface area (Å²) in [5.74, 6) is -0.480. The zero-order valence-electron chi connectivity index (χ0n) is 11.8. The van der Waals surface area contributed by atoms with Crippen LogP contribution in [0.15, 0.2) is 42.7 Å². The Kier molecular flexibility index (Phi) is 4.10. The molecular weight excluding hydrogens is 302 g/mol. The molecule has 0 amide bonds. The van der Waals surface area contributed by atoms with Crippen LogP contribution in [-0.2, 0) is 4.74 Å². The minimum absolute atomic E-state index is 0.197. The van der Waals surface area contributed by atoms with Gasteiger partial charge in [-0.25, -0.2) is 9.48 Å². The molecule has 0 aliphatic heterocycles. The SMILES string of the molecule is CCOC(=O)c1nnsc1Nc1ccc(-n2cccn2)cc1. The standard InChI is InChI=1S/C14H13N5O2S/c1-2-21-14(20)12-13(22-18-17-12)16-10-4-6-11(7-5-10)19-9-3-8-15-19/h3-9,16H,2H2,1H3. The first-order valence-electron chi connectivity index (χ1n) is 6.64. The summed E-state index contributed by atoms with van der Waals surface area (Å²) in [6.07, 6.45) is 3.59. The van der Waals surface area contributed by atoms with E-state index in [4.69, 9.17) is 4.74 Å². The summed E-state index contributed by atoms with van der Waals surface area (Å²) >= 11 is 1.11. The first-order valence-corrected chi connectivity index (χ1v) is 7.42. The zero-order valence-corrected chi connectivity index (χ0v) is 12.6. The van der Waals surface area contributed by atoms with E-state index in [-0.39, 0.29) is 5.69 Å². The Labute approximate surface area is 130 Å². The Hall–Kier alpha value is -2.74. The highest BCUT2D eigenvalue weighted by Crippen LogP contribution is 2.24. The predicted octanol–water partition coefficient (Wildman–Crippen LogP) is 2.64. The van der Waals surface area contributed by atoms with Gasteiger partial charge in [-0.2, -0.15) is 5.10 Å². The lowest BCUT2D eigenvalue weighted by molar-refractivity contribution is 0.0520. The molecule has 1 N–H and O–H groups in total. The fourth-order valence-electron chi connectivity index (χ4n) is 1.86. The van der Waals surface area contributed by atoms with E-state index >= 15 is 0 Å². The number of carbonyl (C=O) groups is 1. The summed E-state index contributed by atoms with van der Waals surface area (Å²) in [6, 6.07) is 9.50. The number of esters is 1. The third kappa shape index (κ3) is 2.96. The summed E-state index contributed by atoms with van der Waals surface area (Å²) in [4.78, 5) is 11.8. The van der Waals surface area contributed by atoms with Crippen molar-refractivity contribution in [3.63, 3.8) is 0 Å². The van der Waals surface area contributed by atoms with Crippen LogP contribution in [0.4, 0.5) is 10.7 Å². The van der Waals surface area contributed by atoms with Crippen molar-refractivity contribution in [3.8, 4) is 5.69 Å². The second-order valence-corrected chi connectivity index (χ2v) is 5.05. The van der Waals surface area contributed by atoms with Crippen molar-refractivity contribution in [2.45, 2.75) is 6.92 Å². The molecule has 0 unspecified atom stereocenters. The van der Waals surface area contributed by atoms with Crippen molar-refractivity contribution in [2.24, 2.45) is 0 Å². The van der Waals surface area contributed by atoms with Gasteiger partial charge in [0.15, 0.2) is 0 Å². The maximum Gasteiger partial charge on any atom is 0.362 e. The molecule has 8 heteroatoms. The van der Waals surface area contributed by atoms with Gasteiger partial charge in [-0.05, 0) is 37.3 Å². The molecule has 0 saturated carbocycles. The van der Waals surface area contributed by atoms with Crippen LogP contribution >= 0.6 is 11.5 Å². The number of rotatable bonds is 5. The molecule has 0 aliphatic rings. The second-order valence-electron chi connectivity index (χ2n) is 4.29. The summed E-state index contributed by atoms with van der Waals surface area (Å²) in [5, 5.41) is 11.7. The maximum atomic E-state index is 11.8. The summed E-state index contributed by atoms with van der Waals surface area (Å²) in [7, 11) is 0. The van der Waals surface area contributed by atoms with E-state index < -0.39 is 5.97 Å². The molecule has 1 aromatic carbocycles. The average molecular weight is 315 g/mol. The zero-order chi connectivity index (χ0) is 15.4. The van der Waals surface area contributed by atoms with Gasteiger partial charge in [0.25, 0.3) is 0 Å². The fraction of sp³-hybridized carbons (Fsp3) is 0.143. The highest BCUT2D eigenvalue weighted by atomic mass is 32.1. The number of aromatic nitrogens is 4. The number of anilines is 2. The van der Waals surface area contributed by atoms with E-state index in [9.17, 15) is 4.79 Å². The van der Waals surface area contributed by atoms with Crippen molar-refractivity contribution in [3.05, 3.63) is 48.4 Å². The smallest absolute Gasteiger partial charge is 0.362 e. The molecular formula is C14H13N5O2S. The number of hydrogen-bond donors (Lipinski definition) is 1. The van der Waals surface area contributed by atoms with Gasteiger partial charge in [-0.15, -0.1) is 5.10 Å². The van der Waals surface area contributed by atoms with Crippen molar-refractivity contribution in [2.75, 3.05) is 11.9 Å². The number of nitrogens with one attached hydrogen (secondary N) is 1. The average Bonchev–Trinajstić information content (AvgIpc) is 3.19. The summed E-state index contributed by atoms with van der Waals surface area (Å²) in [5.41, 5.74) is 1.97. The third-order valence-corrected chi connectivity index (χ3v) is 3.49. The number of benzene rings is 1. The van der Waals surface area contributed by atoms with E-state index in [1.54, 1.807) is 17.8 Å². The molecule has 0 bridgehead atoms.